The van der Waals surface area contributed by atoms with Gasteiger partial charge in [0.25, 0.3) is 0 Å². The number of nitrogens with zero attached hydrogens (tertiary/aromatic N) is 2. The van der Waals surface area contributed by atoms with Gasteiger partial charge in [0.15, 0.2) is 5.65 Å². The van der Waals surface area contributed by atoms with Gasteiger partial charge in [0, 0.05) is 17.1 Å². The molecule has 0 saturated heterocycles. The zero-order valence-electron chi connectivity index (χ0n) is 10.6. The molecule has 2 aromatic heterocycles. The number of fused-ring (bicyclic) bond motifs is 1. The summed E-state index contributed by atoms with van der Waals surface area (Å²) in [6.45, 7) is 0. The fourth-order valence-corrected chi connectivity index (χ4v) is 2.05. The number of halogens is 3. The summed E-state index contributed by atoms with van der Waals surface area (Å²) in [4.78, 5) is 8.17. The van der Waals surface area contributed by atoms with E-state index in [4.69, 9.17) is 0 Å². The van der Waals surface area contributed by atoms with Gasteiger partial charge in [-0.3, -0.25) is 0 Å². The molecule has 0 aliphatic carbocycles. The number of hydrogen-bond donors (Lipinski definition) is 1. The van der Waals surface area contributed by atoms with Crippen LogP contribution in [0.4, 0.5) is 13.2 Å². The normalized spacial score (nSPS) is 11.8. The van der Waals surface area contributed by atoms with Crippen LogP contribution in [0.25, 0.3) is 22.3 Å². The minimum Gasteiger partial charge on any atom is -0.506 e. The Kier molecular flexibility index (Phi) is 3.01. The van der Waals surface area contributed by atoms with Gasteiger partial charge >= 0.3 is 6.18 Å². The van der Waals surface area contributed by atoms with E-state index in [2.05, 4.69) is 9.97 Å². The third-order valence-corrected chi connectivity index (χ3v) is 3.03. The summed E-state index contributed by atoms with van der Waals surface area (Å²) in [6, 6.07) is 9.51. The first-order valence-corrected chi connectivity index (χ1v) is 6.07. The van der Waals surface area contributed by atoms with Crippen LogP contribution in [0.3, 0.4) is 0 Å². The second-order valence-electron chi connectivity index (χ2n) is 4.48. The zero-order valence-corrected chi connectivity index (χ0v) is 10.6. The van der Waals surface area contributed by atoms with Gasteiger partial charge in [0.05, 0.1) is 5.56 Å². The Morgan fingerprint density at radius 2 is 1.81 bits per heavy atom. The second-order valence-corrected chi connectivity index (χ2v) is 4.48. The van der Waals surface area contributed by atoms with Crippen LogP contribution in [0, 0.1) is 0 Å². The number of pyridine rings is 2. The number of aromatic hydroxyl groups is 1. The molecule has 0 atom stereocenters. The van der Waals surface area contributed by atoms with Crippen molar-refractivity contribution in [3.05, 3.63) is 54.2 Å². The van der Waals surface area contributed by atoms with Gasteiger partial charge < -0.3 is 5.11 Å². The van der Waals surface area contributed by atoms with E-state index in [1.165, 1.54) is 24.4 Å². The Bertz CT molecular complexity index is 815. The van der Waals surface area contributed by atoms with Crippen molar-refractivity contribution in [1.29, 1.82) is 0 Å². The Hall–Kier alpha value is -2.63. The van der Waals surface area contributed by atoms with E-state index in [-0.39, 0.29) is 17.0 Å². The van der Waals surface area contributed by atoms with Crippen LogP contribution in [0.2, 0.25) is 0 Å². The third kappa shape index (κ3) is 2.52. The van der Waals surface area contributed by atoms with Gasteiger partial charge in [-0.05, 0) is 30.3 Å². The van der Waals surface area contributed by atoms with Gasteiger partial charge in [-0.25, -0.2) is 9.97 Å². The molecule has 1 N–H and O–H groups in total. The Balaban J connectivity index is 2.18. The maximum Gasteiger partial charge on any atom is 0.416 e. The molecule has 0 spiro atoms. The monoisotopic (exact) mass is 290 g/mol. The van der Waals surface area contributed by atoms with E-state index in [1.54, 1.807) is 12.1 Å². The van der Waals surface area contributed by atoms with E-state index >= 15 is 0 Å². The van der Waals surface area contributed by atoms with Crippen LogP contribution in [-0.4, -0.2) is 15.1 Å². The van der Waals surface area contributed by atoms with Crippen molar-refractivity contribution in [1.82, 2.24) is 9.97 Å². The molecule has 0 amide bonds. The fourth-order valence-electron chi connectivity index (χ4n) is 2.05. The topological polar surface area (TPSA) is 46.0 Å². The van der Waals surface area contributed by atoms with Crippen molar-refractivity contribution in [2.45, 2.75) is 6.18 Å². The van der Waals surface area contributed by atoms with E-state index in [9.17, 15) is 18.3 Å². The second kappa shape index (κ2) is 4.73. The highest BCUT2D eigenvalue weighted by molar-refractivity contribution is 5.82. The summed E-state index contributed by atoms with van der Waals surface area (Å²) in [6.07, 6.45) is -2.91. The van der Waals surface area contributed by atoms with Crippen molar-refractivity contribution >= 4 is 11.0 Å². The SMILES string of the molecule is Oc1cc2cccnc2nc1-c1cccc(C(F)(F)F)c1. The molecule has 0 radical (unpaired) electrons. The number of rotatable bonds is 1. The molecule has 2 heterocycles. The van der Waals surface area contributed by atoms with E-state index in [0.29, 0.717) is 11.0 Å². The molecule has 3 nitrogen and oxygen atoms in total. The lowest BCUT2D eigenvalue weighted by atomic mass is 10.1. The summed E-state index contributed by atoms with van der Waals surface area (Å²) < 4.78 is 38.2. The molecule has 0 aliphatic heterocycles. The lowest BCUT2D eigenvalue weighted by molar-refractivity contribution is -0.137. The van der Waals surface area contributed by atoms with Gasteiger partial charge in [-0.1, -0.05) is 12.1 Å². The smallest absolute Gasteiger partial charge is 0.416 e. The van der Waals surface area contributed by atoms with Crippen LogP contribution < -0.4 is 0 Å². The quantitative estimate of drug-likeness (QED) is 0.736. The summed E-state index contributed by atoms with van der Waals surface area (Å²) in [5, 5.41) is 10.6. The maximum atomic E-state index is 12.7. The molecule has 0 unspecified atom stereocenters. The lowest BCUT2D eigenvalue weighted by Crippen LogP contribution is -2.04. The predicted molar refractivity (Wildman–Crippen MR) is 71.6 cm³/mol. The highest BCUT2D eigenvalue weighted by Gasteiger charge is 2.30. The minimum atomic E-state index is -4.44. The number of hydrogen-bond acceptors (Lipinski definition) is 3. The van der Waals surface area contributed by atoms with Gasteiger partial charge in [-0.15, -0.1) is 0 Å². The molecule has 6 heteroatoms. The van der Waals surface area contributed by atoms with Crippen LogP contribution in [-0.2, 0) is 6.18 Å². The standard InChI is InChI=1S/C15H9F3N2O/c16-15(17,18)11-5-1-3-9(7-11)13-12(21)8-10-4-2-6-19-14(10)20-13/h1-8,21H. The number of aromatic nitrogens is 2. The van der Waals surface area contributed by atoms with Crippen molar-refractivity contribution in [2.24, 2.45) is 0 Å². The number of alkyl halides is 3. The average Bonchev–Trinajstić information content (AvgIpc) is 2.46. The lowest BCUT2D eigenvalue weighted by Gasteiger charge is -2.10. The highest BCUT2D eigenvalue weighted by atomic mass is 19.4. The molecule has 1 aromatic carbocycles. The van der Waals surface area contributed by atoms with Crippen molar-refractivity contribution in [3.63, 3.8) is 0 Å². The largest absolute Gasteiger partial charge is 0.506 e. The Labute approximate surface area is 117 Å². The molecule has 3 rings (SSSR count). The Morgan fingerprint density at radius 1 is 1.00 bits per heavy atom. The zero-order chi connectivity index (χ0) is 15.0. The van der Waals surface area contributed by atoms with Crippen LogP contribution >= 0.6 is 0 Å². The van der Waals surface area contributed by atoms with Crippen molar-refractivity contribution < 1.29 is 18.3 Å². The van der Waals surface area contributed by atoms with Crippen molar-refractivity contribution in [3.8, 4) is 17.0 Å². The first-order chi connectivity index (χ1) is 9.95. The Morgan fingerprint density at radius 3 is 2.57 bits per heavy atom. The minimum absolute atomic E-state index is 0.0762. The van der Waals surface area contributed by atoms with Gasteiger partial charge in [0.2, 0.25) is 0 Å². The van der Waals surface area contributed by atoms with Crippen LogP contribution in [0.15, 0.2) is 48.7 Å². The summed E-state index contributed by atoms with van der Waals surface area (Å²) >= 11 is 0. The molecule has 21 heavy (non-hydrogen) atoms. The van der Waals surface area contributed by atoms with E-state index in [0.717, 1.165) is 12.1 Å². The molecule has 106 valence electrons. The molecule has 0 aliphatic rings. The molecule has 0 fully saturated rings. The van der Waals surface area contributed by atoms with Crippen LogP contribution in [0.5, 0.6) is 5.75 Å². The maximum absolute atomic E-state index is 12.7. The van der Waals surface area contributed by atoms with Gasteiger partial charge in [0.1, 0.15) is 11.4 Å². The molecule has 0 saturated carbocycles. The summed E-state index contributed by atoms with van der Waals surface area (Å²) in [5.41, 5.74) is -0.160. The number of benzene rings is 1. The third-order valence-electron chi connectivity index (χ3n) is 3.03. The van der Waals surface area contributed by atoms with E-state index in [1.807, 2.05) is 0 Å². The molecular formula is C15H9F3N2O. The molecular weight excluding hydrogens is 281 g/mol. The first kappa shape index (κ1) is 13.4. The fraction of sp³-hybridized carbons (Fsp3) is 0.0667. The van der Waals surface area contributed by atoms with Crippen LogP contribution in [0.1, 0.15) is 5.56 Å². The summed E-state index contributed by atoms with van der Waals surface area (Å²) in [5.74, 6) is -0.185. The first-order valence-electron chi connectivity index (χ1n) is 6.07. The van der Waals surface area contributed by atoms with Crippen molar-refractivity contribution in [2.75, 3.05) is 0 Å². The van der Waals surface area contributed by atoms with E-state index < -0.39 is 11.7 Å². The summed E-state index contributed by atoms with van der Waals surface area (Å²) in [7, 11) is 0. The average molecular weight is 290 g/mol. The molecule has 0 bridgehead atoms. The highest BCUT2D eigenvalue weighted by Crippen LogP contribution is 2.34. The van der Waals surface area contributed by atoms with Gasteiger partial charge in [-0.2, -0.15) is 13.2 Å². The predicted octanol–water partition coefficient (Wildman–Crippen LogP) is 4.02. The molecule has 3 aromatic rings.